The molecule has 48 heavy (non-hydrogen) atoms. The van der Waals surface area contributed by atoms with Gasteiger partial charge in [-0.1, -0.05) is 30.3 Å². The van der Waals surface area contributed by atoms with E-state index in [2.05, 4.69) is 84.9 Å². The van der Waals surface area contributed by atoms with E-state index in [9.17, 15) is 0 Å². The molecule has 6 heteroatoms. The van der Waals surface area contributed by atoms with Crippen LogP contribution in [0.2, 0.25) is 0 Å². The summed E-state index contributed by atoms with van der Waals surface area (Å²) in [5.74, 6) is 2.59. The number of benzene rings is 7. The second-order valence-corrected chi connectivity index (χ2v) is 14.2. The zero-order valence-corrected chi connectivity index (χ0v) is 27.2. The van der Waals surface area contributed by atoms with E-state index in [1.54, 1.807) is 0 Å². The van der Waals surface area contributed by atoms with Crippen LogP contribution in [0.25, 0.3) is 97.6 Å². The maximum atomic E-state index is 6.25. The Morgan fingerprint density at radius 3 is 1.77 bits per heavy atom. The molecule has 10 rings (SSSR count). The Morgan fingerprint density at radius 2 is 1.02 bits per heavy atom. The first-order valence-electron chi connectivity index (χ1n) is 15.8. The maximum absolute atomic E-state index is 6.25. The van der Waals surface area contributed by atoms with Crippen molar-refractivity contribution < 1.29 is 4.42 Å². The van der Waals surface area contributed by atoms with E-state index in [-0.39, 0.29) is 14.5 Å². The second-order valence-electron chi connectivity index (χ2n) is 11.9. The summed E-state index contributed by atoms with van der Waals surface area (Å²) in [6.45, 7) is 0. The van der Waals surface area contributed by atoms with Gasteiger partial charge in [0.2, 0.25) is 0 Å². The van der Waals surface area contributed by atoms with Crippen LogP contribution >= 0.6 is 0 Å². The van der Waals surface area contributed by atoms with Crippen molar-refractivity contribution in [3.63, 3.8) is 0 Å². The van der Waals surface area contributed by atoms with Gasteiger partial charge in [-0.3, -0.25) is 0 Å². The van der Waals surface area contributed by atoms with Gasteiger partial charge < -0.3 is 0 Å². The summed E-state index contributed by atoms with van der Waals surface area (Å²) < 4.78 is 8.94. The molecule has 224 valence electrons. The summed E-state index contributed by atoms with van der Waals surface area (Å²) in [7, 11) is 0. The molecule has 0 bridgehead atoms. The minimum absolute atomic E-state index is 0.186. The number of oxazole rings is 1. The molecule has 0 atom stereocenters. The fourth-order valence-electron chi connectivity index (χ4n) is 6.52. The third kappa shape index (κ3) is 4.54. The van der Waals surface area contributed by atoms with Crippen LogP contribution in [0.4, 0.5) is 0 Å². The van der Waals surface area contributed by atoms with Crippen molar-refractivity contribution in [2.24, 2.45) is 0 Å². The summed E-state index contributed by atoms with van der Waals surface area (Å²) in [4.78, 5) is 20.0. The summed E-state index contributed by atoms with van der Waals surface area (Å²) in [6.07, 6.45) is 0. The van der Waals surface area contributed by atoms with Gasteiger partial charge in [0.25, 0.3) is 0 Å². The third-order valence-electron chi connectivity index (χ3n) is 8.90. The molecule has 10 aromatic rings. The molecule has 7 aromatic carbocycles. The molecule has 0 aliphatic rings. The van der Waals surface area contributed by atoms with Gasteiger partial charge in [0.1, 0.15) is 0 Å². The average molecular weight is 680 g/mol. The standard InChI is InChI=1S/C42H24N4OSe/c1-3-10-26(11-4-1)39-44-40(30-17-15-25-9-7-8-14-28(25)21-30)46-41(45-39)31-18-16-29-24-36-33(23-32(29)22-31)37-35(48-36)20-19-34-38(37)43-42(47-34)27-12-5-2-6-13-27/h1-24H. The Kier molecular flexibility index (Phi) is 6.13. The van der Waals surface area contributed by atoms with Crippen LogP contribution in [0.15, 0.2) is 150 Å². The van der Waals surface area contributed by atoms with E-state index in [1.165, 1.54) is 30.1 Å². The Balaban J connectivity index is 1.15. The van der Waals surface area contributed by atoms with E-state index < -0.39 is 0 Å². The Labute approximate surface area is 280 Å². The van der Waals surface area contributed by atoms with E-state index in [0.717, 1.165) is 44.1 Å². The molecule has 0 unspecified atom stereocenters. The molecule has 0 amide bonds. The van der Waals surface area contributed by atoms with Crippen molar-refractivity contribution in [1.82, 2.24) is 19.9 Å². The number of hydrogen-bond acceptors (Lipinski definition) is 5. The molecular weight excluding hydrogens is 655 g/mol. The Hall–Kier alpha value is -5.94. The van der Waals surface area contributed by atoms with Crippen LogP contribution < -0.4 is 0 Å². The first kappa shape index (κ1) is 27.2. The number of hydrogen-bond donors (Lipinski definition) is 0. The first-order valence-corrected chi connectivity index (χ1v) is 17.5. The van der Waals surface area contributed by atoms with Crippen LogP contribution in [0, 0.1) is 0 Å². The van der Waals surface area contributed by atoms with Crippen molar-refractivity contribution in [1.29, 1.82) is 0 Å². The molecule has 0 saturated carbocycles. The summed E-state index contributed by atoms with van der Waals surface area (Å²) in [5.41, 5.74) is 5.56. The van der Waals surface area contributed by atoms with Gasteiger partial charge in [0.15, 0.2) is 0 Å². The SMILES string of the molecule is c1ccc(-c2nc(-c3ccc4ccccc4c3)nc(-c3ccc4cc5[se]c6ccc7oc(-c8ccccc8)nc7c6c5cc4c3)n2)cc1. The first-order chi connectivity index (χ1) is 23.7. The fraction of sp³-hybridized carbons (Fsp3) is 0. The number of rotatable bonds is 4. The van der Waals surface area contributed by atoms with Gasteiger partial charge in [-0.15, -0.1) is 0 Å². The monoisotopic (exact) mass is 680 g/mol. The van der Waals surface area contributed by atoms with Gasteiger partial charge in [-0.05, 0) is 5.39 Å². The van der Waals surface area contributed by atoms with Crippen LogP contribution in [0.3, 0.4) is 0 Å². The van der Waals surface area contributed by atoms with E-state index in [0.29, 0.717) is 23.4 Å². The molecule has 3 aromatic heterocycles. The molecule has 5 nitrogen and oxygen atoms in total. The Morgan fingerprint density at radius 1 is 0.417 bits per heavy atom. The predicted molar refractivity (Wildman–Crippen MR) is 196 cm³/mol. The second kappa shape index (κ2) is 10.8. The van der Waals surface area contributed by atoms with Crippen molar-refractivity contribution in [2.45, 2.75) is 0 Å². The summed E-state index contributed by atoms with van der Waals surface area (Å²) in [5, 5.41) is 7.07. The zero-order valence-electron chi connectivity index (χ0n) is 25.5. The topological polar surface area (TPSA) is 64.7 Å². The van der Waals surface area contributed by atoms with Gasteiger partial charge in [-0.25, -0.2) is 0 Å². The van der Waals surface area contributed by atoms with Gasteiger partial charge in [-0.2, -0.15) is 0 Å². The van der Waals surface area contributed by atoms with Gasteiger partial charge in [0, 0.05) is 0 Å². The van der Waals surface area contributed by atoms with Crippen molar-refractivity contribution >= 4 is 66.4 Å². The van der Waals surface area contributed by atoms with E-state index in [1.807, 2.05) is 60.7 Å². The zero-order chi connectivity index (χ0) is 31.6. The molecule has 0 spiro atoms. The fourth-order valence-corrected chi connectivity index (χ4v) is 8.91. The van der Waals surface area contributed by atoms with E-state index >= 15 is 0 Å². The molecule has 3 heterocycles. The summed E-state index contributed by atoms with van der Waals surface area (Å²) >= 11 is 0.186. The Bertz CT molecular complexity index is 2840. The van der Waals surface area contributed by atoms with E-state index in [4.69, 9.17) is 24.4 Å². The van der Waals surface area contributed by atoms with Crippen molar-refractivity contribution in [2.75, 3.05) is 0 Å². The molecule has 0 aliphatic heterocycles. The van der Waals surface area contributed by atoms with Crippen LogP contribution in [-0.2, 0) is 0 Å². The normalized spacial score (nSPS) is 11.8. The quantitative estimate of drug-likeness (QED) is 0.173. The number of fused-ring (bicyclic) bond motifs is 7. The molecule has 0 fully saturated rings. The van der Waals surface area contributed by atoms with Crippen LogP contribution in [0.1, 0.15) is 0 Å². The van der Waals surface area contributed by atoms with Gasteiger partial charge in [0.05, 0.1) is 0 Å². The average Bonchev–Trinajstić information content (AvgIpc) is 3.75. The van der Waals surface area contributed by atoms with Crippen molar-refractivity contribution in [3.05, 3.63) is 146 Å². The van der Waals surface area contributed by atoms with Gasteiger partial charge >= 0.3 is 246 Å². The molecule has 0 aliphatic carbocycles. The number of nitrogens with zero attached hydrogens (tertiary/aromatic N) is 4. The summed E-state index contributed by atoms with van der Waals surface area (Å²) in [6, 6.07) is 50.4. The molecule has 0 radical (unpaired) electrons. The minimum atomic E-state index is 0.186. The number of aromatic nitrogens is 4. The molecule has 0 N–H and O–H groups in total. The third-order valence-corrected chi connectivity index (χ3v) is 11.2. The van der Waals surface area contributed by atoms with Crippen LogP contribution in [0.5, 0.6) is 0 Å². The molecule has 0 saturated heterocycles. The van der Waals surface area contributed by atoms with Crippen LogP contribution in [-0.4, -0.2) is 34.4 Å². The molecular formula is C42H24N4OSe. The predicted octanol–water partition coefficient (Wildman–Crippen LogP) is 10.4. The van der Waals surface area contributed by atoms with Crippen molar-refractivity contribution in [3.8, 4) is 45.6 Å².